The van der Waals surface area contributed by atoms with Crippen molar-refractivity contribution in [1.29, 1.82) is 0 Å². The lowest BCUT2D eigenvalue weighted by Gasteiger charge is -2.06. The Labute approximate surface area is 118 Å². The van der Waals surface area contributed by atoms with E-state index in [4.69, 9.17) is 17.3 Å². The summed E-state index contributed by atoms with van der Waals surface area (Å²) in [6.07, 6.45) is 0. The van der Waals surface area contributed by atoms with Crippen LogP contribution in [0.15, 0.2) is 22.9 Å². The molecule has 0 aliphatic heterocycles. The lowest BCUT2D eigenvalue weighted by molar-refractivity contribution is 0.629. The molecule has 0 spiro atoms. The standard InChI is InChI=1S/C13H11ClFN3S/c1-7-5-19-6-8(7)4-18-12-3-10(15)9(14)2-11(12)17-13(18)16/h2-3,5-6H,4H2,1H3,(H2,16,17). The van der Waals surface area contributed by atoms with Crippen LogP contribution in [0.25, 0.3) is 11.0 Å². The Kier molecular flexibility index (Phi) is 2.95. The highest BCUT2D eigenvalue weighted by molar-refractivity contribution is 7.08. The first-order chi connectivity index (χ1) is 9.06. The average Bonchev–Trinajstić information content (AvgIpc) is 2.88. The predicted octanol–water partition coefficient (Wildman–Crippen LogP) is 3.83. The number of rotatable bonds is 2. The van der Waals surface area contributed by atoms with Gasteiger partial charge in [-0.3, -0.25) is 0 Å². The van der Waals surface area contributed by atoms with Crippen molar-refractivity contribution in [3.05, 3.63) is 44.9 Å². The third-order valence-electron chi connectivity index (χ3n) is 3.11. The maximum Gasteiger partial charge on any atom is 0.201 e. The first-order valence-electron chi connectivity index (χ1n) is 5.68. The highest BCUT2D eigenvalue weighted by Gasteiger charge is 2.13. The minimum Gasteiger partial charge on any atom is -0.369 e. The van der Waals surface area contributed by atoms with Crippen LogP contribution in [-0.2, 0) is 6.54 Å². The Bertz CT molecular complexity index is 763. The minimum atomic E-state index is -0.461. The van der Waals surface area contributed by atoms with Crippen LogP contribution in [0.3, 0.4) is 0 Å². The normalized spacial score (nSPS) is 11.3. The predicted molar refractivity (Wildman–Crippen MR) is 77.3 cm³/mol. The Balaban J connectivity index is 2.15. The number of thiophene rings is 1. The Morgan fingerprint density at radius 2 is 2.21 bits per heavy atom. The first-order valence-corrected chi connectivity index (χ1v) is 7.01. The molecule has 0 aliphatic rings. The number of nitrogens with zero attached hydrogens (tertiary/aromatic N) is 2. The lowest BCUT2D eigenvalue weighted by Crippen LogP contribution is -2.04. The summed E-state index contributed by atoms with van der Waals surface area (Å²) in [5, 5.41) is 4.19. The number of fused-ring (bicyclic) bond motifs is 1. The highest BCUT2D eigenvalue weighted by atomic mass is 35.5. The molecule has 0 atom stereocenters. The van der Waals surface area contributed by atoms with E-state index in [-0.39, 0.29) is 5.02 Å². The van der Waals surface area contributed by atoms with E-state index in [1.807, 2.05) is 6.92 Å². The zero-order chi connectivity index (χ0) is 13.6. The second-order valence-corrected chi connectivity index (χ2v) is 5.54. The van der Waals surface area contributed by atoms with E-state index in [0.717, 1.165) is 5.56 Å². The van der Waals surface area contributed by atoms with Crippen LogP contribution in [0.5, 0.6) is 0 Å². The quantitative estimate of drug-likeness (QED) is 0.781. The summed E-state index contributed by atoms with van der Waals surface area (Å²) in [6.45, 7) is 2.62. The van der Waals surface area contributed by atoms with Crippen molar-refractivity contribution in [1.82, 2.24) is 9.55 Å². The number of benzene rings is 1. The van der Waals surface area contributed by atoms with Crippen LogP contribution in [0, 0.1) is 12.7 Å². The molecule has 0 unspecified atom stereocenters. The maximum atomic E-state index is 13.6. The Hall–Kier alpha value is -1.59. The summed E-state index contributed by atoms with van der Waals surface area (Å²) in [4.78, 5) is 4.22. The van der Waals surface area contributed by atoms with E-state index >= 15 is 0 Å². The lowest BCUT2D eigenvalue weighted by atomic mass is 10.2. The van der Waals surface area contributed by atoms with Crippen molar-refractivity contribution < 1.29 is 4.39 Å². The van der Waals surface area contributed by atoms with E-state index in [2.05, 4.69) is 15.7 Å². The van der Waals surface area contributed by atoms with Gasteiger partial charge in [-0.05, 0) is 34.9 Å². The van der Waals surface area contributed by atoms with Gasteiger partial charge in [0.2, 0.25) is 5.95 Å². The van der Waals surface area contributed by atoms with E-state index in [1.165, 1.54) is 17.7 Å². The second-order valence-electron chi connectivity index (χ2n) is 4.39. The summed E-state index contributed by atoms with van der Waals surface area (Å²) in [5.41, 5.74) is 9.53. The van der Waals surface area contributed by atoms with Crippen molar-refractivity contribution in [2.24, 2.45) is 0 Å². The second kappa shape index (κ2) is 4.51. The summed E-state index contributed by atoms with van der Waals surface area (Å²) < 4.78 is 15.4. The number of anilines is 1. The van der Waals surface area contributed by atoms with Gasteiger partial charge in [-0.1, -0.05) is 11.6 Å². The van der Waals surface area contributed by atoms with Crippen LogP contribution in [0.1, 0.15) is 11.1 Å². The highest BCUT2D eigenvalue weighted by Crippen LogP contribution is 2.26. The molecule has 19 heavy (non-hydrogen) atoms. The molecule has 0 aliphatic carbocycles. The molecular formula is C13H11ClFN3S. The minimum absolute atomic E-state index is 0.0591. The SMILES string of the molecule is Cc1cscc1Cn1c(N)nc2cc(Cl)c(F)cc21. The largest absolute Gasteiger partial charge is 0.369 e. The number of hydrogen-bond acceptors (Lipinski definition) is 3. The average molecular weight is 296 g/mol. The van der Waals surface area contributed by atoms with Gasteiger partial charge >= 0.3 is 0 Å². The van der Waals surface area contributed by atoms with Crippen molar-refractivity contribution in [3.63, 3.8) is 0 Å². The molecule has 2 N–H and O–H groups in total. The maximum absolute atomic E-state index is 13.6. The molecule has 0 radical (unpaired) electrons. The van der Waals surface area contributed by atoms with Crippen LogP contribution < -0.4 is 5.73 Å². The third kappa shape index (κ3) is 2.09. The van der Waals surface area contributed by atoms with E-state index in [0.29, 0.717) is 23.5 Å². The molecule has 6 heteroatoms. The number of nitrogens with two attached hydrogens (primary N) is 1. The molecule has 0 fully saturated rings. The zero-order valence-electron chi connectivity index (χ0n) is 10.2. The van der Waals surface area contributed by atoms with E-state index < -0.39 is 5.82 Å². The van der Waals surface area contributed by atoms with Gasteiger partial charge in [-0.15, -0.1) is 0 Å². The fourth-order valence-electron chi connectivity index (χ4n) is 2.02. The van der Waals surface area contributed by atoms with Crippen molar-refractivity contribution >= 4 is 39.9 Å². The van der Waals surface area contributed by atoms with Gasteiger partial charge in [0.15, 0.2) is 0 Å². The Morgan fingerprint density at radius 3 is 2.89 bits per heavy atom. The van der Waals surface area contributed by atoms with Crippen molar-refractivity contribution in [2.75, 3.05) is 5.73 Å². The Morgan fingerprint density at radius 1 is 1.42 bits per heavy atom. The molecule has 0 saturated carbocycles. The number of halogens is 2. The van der Waals surface area contributed by atoms with Gasteiger partial charge in [-0.25, -0.2) is 9.37 Å². The fourth-order valence-corrected chi connectivity index (χ4v) is 3.03. The van der Waals surface area contributed by atoms with Gasteiger partial charge in [0.25, 0.3) is 0 Å². The van der Waals surface area contributed by atoms with Gasteiger partial charge in [0.1, 0.15) is 5.82 Å². The van der Waals surface area contributed by atoms with Crippen molar-refractivity contribution in [2.45, 2.75) is 13.5 Å². The topological polar surface area (TPSA) is 43.8 Å². The van der Waals surface area contributed by atoms with Gasteiger partial charge < -0.3 is 10.3 Å². The molecule has 98 valence electrons. The molecule has 3 rings (SSSR count). The van der Waals surface area contributed by atoms with Gasteiger partial charge in [-0.2, -0.15) is 11.3 Å². The van der Waals surface area contributed by atoms with Crippen molar-refractivity contribution in [3.8, 4) is 0 Å². The number of hydrogen-bond donors (Lipinski definition) is 1. The molecule has 1 aromatic carbocycles. The van der Waals surface area contributed by atoms with Crippen LogP contribution in [0.2, 0.25) is 5.02 Å². The fraction of sp³-hybridized carbons (Fsp3) is 0.154. The molecule has 3 nitrogen and oxygen atoms in total. The number of aryl methyl sites for hydroxylation is 1. The van der Waals surface area contributed by atoms with E-state index in [1.54, 1.807) is 15.9 Å². The first kappa shape index (κ1) is 12.4. The summed E-state index contributed by atoms with van der Waals surface area (Å²) >= 11 is 7.39. The third-order valence-corrected chi connectivity index (χ3v) is 4.31. The molecule has 2 aromatic heterocycles. The molecule has 0 amide bonds. The van der Waals surface area contributed by atoms with Gasteiger partial charge in [0.05, 0.1) is 22.6 Å². The van der Waals surface area contributed by atoms with E-state index in [9.17, 15) is 4.39 Å². The molecule has 0 bridgehead atoms. The molecule has 3 aromatic rings. The van der Waals surface area contributed by atoms with Crippen LogP contribution in [0.4, 0.5) is 10.3 Å². The number of aromatic nitrogens is 2. The number of nitrogen functional groups attached to an aromatic ring is 1. The molecule has 2 heterocycles. The number of imidazole rings is 1. The smallest absolute Gasteiger partial charge is 0.201 e. The summed E-state index contributed by atoms with van der Waals surface area (Å²) in [7, 11) is 0. The van der Waals surface area contributed by atoms with Crippen LogP contribution in [-0.4, -0.2) is 9.55 Å². The monoisotopic (exact) mass is 295 g/mol. The van der Waals surface area contributed by atoms with Gasteiger partial charge in [0, 0.05) is 6.07 Å². The molecule has 0 saturated heterocycles. The molecular weight excluding hydrogens is 285 g/mol. The summed E-state index contributed by atoms with van der Waals surface area (Å²) in [6, 6.07) is 2.88. The summed E-state index contributed by atoms with van der Waals surface area (Å²) in [5.74, 6) is -0.0976. The zero-order valence-corrected chi connectivity index (χ0v) is 11.7. The van der Waals surface area contributed by atoms with Crippen LogP contribution >= 0.6 is 22.9 Å².